The number of piperidine rings is 1. The van der Waals surface area contributed by atoms with Crippen LogP contribution in [0.5, 0.6) is 0 Å². The molecule has 0 aliphatic carbocycles. The van der Waals surface area contributed by atoms with Gasteiger partial charge in [-0.15, -0.1) is 0 Å². The summed E-state index contributed by atoms with van der Waals surface area (Å²) in [5.41, 5.74) is 0.315. The van der Waals surface area contributed by atoms with Crippen LogP contribution in [0.2, 0.25) is 0 Å². The average Bonchev–Trinajstić information content (AvgIpc) is 2.65. The van der Waals surface area contributed by atoms with E-state index in [4.69, 9.17) is 0 Å². The van der Waals surface area contributed by atoms with Gasteiger partial charge < -0.3 is 15.7 Å². The molecule has 10 heteroatoms. The minimum atomic E-state index is -3.52. The Morgan fingerprint density at radius 1 is 1.24 bits per heavy atom. The van der Waals surface area contributed by atoms with E-state index in [0.29, 0.717) is 6.54 Å². The van der Waals surface area contributed by atoms with E-state index < -0.39 is 44.9 Å². The molecule has 0 saturated carbocycles. The van der Waals surface area contributed by atoms with Gasteiger partial charge in [-0.25, -0.2) is 17.2 Å². The van der Waals surface area contributed by atoms with Crippen LogP contribution < -0.4 is 16.0 Å². The molecular weight excluding hydrogens is 464 g/mol. The first-order chi connectivity index (χ1) is 15.7. The molecule has 1 aromatic rings. The van der Waals surface area contributed by atoms with Gasteiger partial charge in [0.2, 0.25) is 5.91 Å². The third-order valence-electron chi connectivity index (χ3n) is 6.16. The molecule has 1 heterocycles. The second-order valence-corrected chi connectivity index (χ2v) is 12.9. The van der Waals surface area contributed by atoms with Gasteiger partial charge in [-0.05, 0) is 54.8 Å². The third kappa shape index (κ3) is 9.20. The quantitative estimate of drug-likeness (QED) is 0.389. The molecule has 5 atom stereocenters. The summed E-state index contributed by atoms with van der Waals surface area (Å²) in [4.78, 5) is 11.7. The first kappa shape index (κ1) is 28.6. The van der Waals surface area contributed by atoms with Crippen LogP contribution in [0.4, 0.5) is 8.78 Å². The van der Waals surface area contributed by atoms with E-state index in [1.807, 2.05) is 0 Å². The Bertz CT molecular complexity index is 916. The van der Waals surface area contributed by atoms with Gasteiger partial charge in [0.1, 0.15) is 17.0 Å². The average molecular weight is 504 g/mol. The van der Waals surface area contributed by atoms with Crippen LogP contribution in [0.3, 0.4) is 0 Å². The van der Waals surface area contributed by atoms with Crippen molar-refractivity contribution in [2.75, 3.05) is 25.9 Å². The topological polar surface area (TPSA) is 108 Å². The van der Waals surface area contributed by atoms with Crippen molar-refractivity contribution >= 4 is 15.7 Å². The van der Waals surface area contributed by atoms with Crippen LogP contribution in [0, 0.1) is 28.9 Å². The fourth-order valence-electron chi connectivity index (χ4n) is 4.86. The highest BCUT2D eigenvalue weighted by Crippen LogP contribution is 2.35. The minimum Gasteiger partial charge on any atom is -0.390 e. The van der Waals surface area contributed by atoms with Crippen LogP contribution in [-0.4, -0.2) is 62.8 Å². The van der Waals surface area contributed by atoms with Crippen LogP contribution in [-0.2, 0) is 21.1 Å². The number of nitrogens with one attached hydrogen (secondary N) is 3. The number of hydrogen-bond acceptors (Lipinski definition) is 6. The lowest BCUT2D eigenvalue weighted by atomic mass is 9.75. The van der Waals surface area contributed by atoms with Crippen molar-refractivity contribution in [1.82, 2.24) is 16.0 Å². The van der Waals surface area contributed by atoms with E-state index in [1.165, 1.54) is 13.2 Å². The molecule has 0 bridgehead atoms. The summed E-state index contributed by atoms with van der Waals surface area (Å²) in [6.07, 6.45) is 1.71. The van der Waals surface area contributed by atoms with E-state index in [2.05, 4.69) is 36.7 Å². The Morgan fingerprint density at radius 3 is 2.38 bits per heavy atom. The largest absolute Gasteiger partial charge is 0.390 e. The second-order valence-electron chi connectivity index (χ2n) is 10.7. The van der Waals surface area contributed by atoms with Gasteiger partial charge in [-0.1, -0.05) is 20.8 Å². The van der Waals surface area contributed by atoms with Crippen molar-refractivity contribution < 1.29 is 27.1 Å². The molecule has 1 aliphatic heterocycles. The zero-order valence-electron chi connectivity index (χ0n) is 20.7. The van der Waals surface area contributed by atoms with Crippen molar-refractivity contribution in [2.45, 2.75) is 64.5 Å². The number of carbonyl (C=O) groups excluding carboxylic acids is 1. The third-order valence-corrected chi connectivity index (χ3v) is 7.60. The number of aliphatic hydroxyl groups is 1. The molecule has 1 aromatic carbocycles. The van der Waals surface area contributed by atoms with Crippen LogP contribution in [0.1, 0.15) is 46.1 Å². The molecule has 1 fully saturated rings. The maximum atomic E-state index is 13.6. The predicted octanol–water partition coefficient (Wildman–Crippen LogP) is 2.00. The molecular formula is C24H39F2N3O4S. The van der Waals surface area contributed by atoms with Gasteiger partial charge in [0.05, 0.1) is 12.1 Å². The molecule has 1 amide bonds. The molecule has 7 nitrogen and oxygen atoms in total. The Morgan fingerprint density at radius 2 is 1.85 bits per heavy atom. The molecule has 194 valence electrons. The van der Waals surface area contributed by atoms with E-state index in [-0.39, 0.29) is 35.8 Å². The summed E-state index contributed by atoms with van der Waals surface area (Å²) < 4.78 is 52.7. The normalized spacial score (nSPS) is 22.1. The number of sulfone groups is 1. The van der Waals surface area contributed by atoms with Crippen LogP contribution in [0.25, 0.3) is 0 Å². The van der Waals surface area contributed by atoms with Crippen molar-refractivity contribution in [3.63, 3.8) is 0 Å². The number of rotatable bonds is 10. The number of benzene rings is 1. The maximum Gasteiger partial charge on any atom is 0.217 e. The summed E-state index contributed by atoms with van der Waals surface area (Å²) in [6, 6.07) is 2.17. The number of carbonyl (C=O) groups is 1. The number of halogens is 2. The molecule has 1 saturated heterocycles. The molecule has 2 rings (SSSR count). The predicted molar refractivity (Wildman–Crippen MR) is 129 cm³/mol. The summed E-state index contributed by atoms with van der Waals surface area (Å²) >= 11 is 0. The number of amides is 1. The van der Waals surface area contributed by atoms with Gasteiger partial charge >= 0.3 is 0 Å². The molecule has 4 N–H and O–H groups in total. The van der Waals surface area contributed by atoms with E-state index in [0.717, 1.165) is 37.6 Å². The molecule has 0 radical (unpaired) electrons. The maximum absolute atomic E-state index is 13.6. The first-order valence-electron chi connectivity index (χ1n) is 11.7. The Kier molecular flexibility index (Phi) is 10.00. The van der Waals surface area contributed by atoms with Gasteiger partial charge in [0, 0.05) is 38.3 Å². The van der Waals surface area contributed by atoms with Gasteiger partial charge in [-0.3, -0.25) is 10.1 Å². The minimum absolute atomic E-state index is 0.0156. The van der Waals surface area contributed by atoms with Crippen molar-refractivity contribution in [3.05, 3.63) is 35.4 Å². The lowest BCUT2D eigenvalue weighted by Gasteiger charge is -2.40. The van der Waals surface area contributed by atoms with Gasteiger partial charge in [-0.2, -0.15) is 0 Å². The highest BCUT2D eigenvalue weighted by atomic mass is 32.2. The summed E-state index contributed by atoms with van der Waals surface area (Å²) in [5, 5.41) is 18.9. The number of hydrogen-bond donors (Lipinski definition) is 4. The standard InChI is InChI=1S/C24H39F2N3O4S/c1-15(30)29-21(10-16-8-18(25)11-19(26)9-16)22(31)14-28-23(34(5,32)33)20-13-27-7-6-17(20)12-24(2,3)4/h8-9,11,17,20-23,27-28,31H,6-7,10,12-14H2,1-5H3,(H,29,30). The summed E-state index contributed by atoms with van der Waals surface area (Å²) in [7, 11) is -3.52. The lowest BCUT2D eigenvalue weighted by molar-refractivity contribution is -0.120. The van der Waals surface area contributed by atoms with Crippen molar-refractivity contribution in [1.29, 1.82) is 0 Å². The monoisotopic (exact) mass is 503 g/mol. The molecule has 5 unspecified atom stereocenters. The fourth-order valence-corrected chi connectivity index (χ4v) is 6.21. The van der Waals surface area contributed by atoms with E-state index >= 15 is 0 Å². The fraction of sp³-hybridized carbons (Fsp3) is 0.708. The van der Waals surface area contributed by atoms with Gasteiger partial charge in [0.25, 0.3) is 0 Å². The highest BCUT2D eigenvalue weighted by molar-refractivity contribution is 7.91. The summed E-state index contributed by atoms with van der Waals surface area (Å²) in [6.45, 7) is 8.93. The molecule has 1 aliphatic rings. The number of aliphatic hydroxyl groups excluding tert-OH is 1. The zero-order chi connectivity index (χ0) is 25.7. The first-order valence-corrected chi connectivity index (χ1v) is 13.6. The van der Waals surface area contributed by atoms with Crippen molar-refractivity contribution in [2.24, 2.45) is 17.3 Å². The van der Waals surface area contributed by atoms with Crippen LogP contribution >= 0.6 is 0 Å². The highest BCUT2D eigenvalue weighted by Gasteiger charge is 2.39. The molecule has 34 heavy (non-hydrogen) atoms. The lowest BCUT2D eigenvalue weighted by Crippen LogP contribution is -2.56. The molecule has 0 spiro atoms. The molecule has 0 aromatic heterocycles. The van der Waals surface area contributed by atoms with E-state index in [1.54, 1.807) is 0 Å². The zero-order valence-corrected chi connectivity index (χ0v) is 21.5. The van der Waals surface area contributed by atoms with Gasteiger partial charge in [0.15, 0.2) is 9.84 Å². The van der Waals surface area contributed by atoms with E-state index in [9.17, 15) is 27.1 Å². The SMILES string of the molecule is CC(=O)NC(Cc1cc(F)cc(F)c1)C(O)CNC(C1CNCCC1CC(C)(C)C)S(C)(=O)=O. The second kappa shape index (κ2) is 11.9. The van der Waals surface area contributed by atoms with Crippen LogP contribution in [0.15, 0.2) is 18.2 Å². The van der Waals surface area contributed by atoms with Crippen molar-refractivity contribution in [3.8, 4) is 0 Å². The summed E-state index contributed by atoms with van der Waals surface area (Å²) in [5.74, 6) is -1.92. The Hall–Kier alpha value is -1.62. The Labute approximate surface area is 202 Å². The Balaban J connectivity index is 2.18. The smallest absolute Gasteiger partial charge is 0.217 e.